The first-order valence-corrected chi connectivity index (χ1v) is 10.5. The van der Waals surface area contributed by atoms with Gasteiger partial charge >= 0.3 is 0 Å². The van der Waals surface area contributed by atoms with Crippen molar-refractivity contribution in [3.05, 3.63) is 47.3 Å². The molecule has 30 heavy (non-hydrogen) atoms. The van der Waals surface area contributed by atoms with Crippen molar-refractivity contribution in [2.45, 2.75) is 53.1 Å². The highest BCUT2D eigenvalue weighted by Crippen LogP contribution is 2.30. The average Bonchev–Trinajstić information content (AvgIpc) is 3.07. The Hall–Kier alpha value is -2.83. The van der Waals surface area contributed by atoms with Crippen LogP contribution in [0.5, 0.6) is 5.75 Å². The lowest BCUT2D eigenvalue weighted by Gasteiger charge is -2.39. The van der Waals surface area contributed by atoms with E-state index in [1.807, 2.05) is 60.7 Å². The topological polar surface area (TPSA) is 76.5 Å². The zero-order valence-corrected chi connectivity index (χ0v) is 18.4. The number of hydrogen-bond acceptors (Lipinski definition) is 4. The summed E-state index contributed by atoms with van der Waals surface area (Å²) in [4.78, 5) is 27.6. The van der Waals surface area contributed by atoms with E-state index in [-0.39, 0.29) is 11.8 Å². The fourth-order valence-corrected chi connectivity index (χ4v) is 4.08. The first-order valence-electron chi connectivity index (χ1n) is 10.5. The minimum atomic E-state index is -0.578. The maximum atomic E-state index is 12.9. The van der Waals surface area contributed by atoms with Gasteiger partial charge in [0, 0.05) is 38.3 Å². The van der Waals surface area contributed by atoms with Gasteiger partial charge in [0.1, 0.15) is 5.75 Å². The molecule has 0 saturated carbocycles. The smallest absolute Gasteiger partial charge is 0.227 e. The van der Waals surface area contributed by atoms with Crippen molar-refractivity contribution in [1.82, 2.24) is 20.0 Å². The number of rotatable bonds is 7. The number of likely N-dealkylation sites (tertiary alicyclic amines) is 1. The van der Waals surface area contributed by atoms with Gasteiger partial charge in [-0.2, -0.15) is 5.10 Å². The summed E-state index contributed by atoms with van der Waals surface area (Å²) in [6, 6.07) is 9.67. The second-order valence-electron chi connectivity index (χ2n) is 8.41. The zero-order chi connectivity index (χ0) is 21.7. The van der Waals surface area contributed by atoms with Crippen molar-refractivity contribution in [2.75, 3.05) is 20.2 Å². The Balaban J connectivity index is 1.55. The molecule has 162 valence electrons. The number of carbonyl (C=O) groups excluding carboxylic acids is 2. The van der Waals surface area contributed by atoms with Crippen molar-refractivity contribution in [3.8, 4) is 5.75 Å². The number of benzene rings is 1. The van der Waals surface area contributed by atoms with Gasteiger partial charge < -0.3 is 15.0 Å². The standard InChI is InChI=1S/C23H32N4O3/c1-17-13-18(2)27(25-17)12-9-21(28)26-11-6-10-23(3,16-26)22(29)24-15-19-7-5-8-20(14-19)30-4/h5,7-8,13-14H,6,9-12,15-16H2,1-4H3,(H,24,29)/t23-/m1/s1. The molecule has 0 bridgehead atoms. The van der Waals surface area contributed by atoms with Crippen molar-refractivity contribution >= 4 is 11.8 Å². The van der Waals surface area contributed by atoms with Gasteiger partial charge in [0.25, 0.3) is 0 Å². The highest BCUT2D eigenvalue weighted by Gasteiger charge is 2.39. The lowest BCUT2D eigenvalue weighted by atomic mass is 9.80. The number of piperidine rings is 1. The van der Waals surface area contributed by atoms with E-state index in [9.17, 15) is 9.59 Å². The second-order valence-corrected chi connectivity index (χ2v) is 8.41. The summed E-state index contributed by atoms with van der Waals surface area (Å²) in [6.45, 7) is 8.06. The maximum absolute atomic E-state index is 12.9. The van der Waals surface area contributed by atoms with Crippen molar-refractivity contribution in [1.29, 1.82) is 0 Å². The van der Waals surface area contributed by atoms with Gasteiger partial charge in [-0.1, -0.05) is 12.1 Å². The molecule has 1 aliphatic rings. The Kier molecular flexibility index (Phi) is 6.80. The van der Waals surface area contributed by atoms with Gasteiger partial charge in [0.05, 0.1) is 18.2 Å². The summed E-state index contributed by atoms with van der Waals surface area (Å²) in [5.74, 6) is 0.834. The van der Waals surface area contributed by atoms with Gasteiger partial charge in [-0.05, 0) is 57.4 Å². The van der Waals surface area contributed by atoms with Gasteiger partial charge in [-0.3, -0.25) is 14.3 Å². The third-order valence-electron chi connectivity index (χ3n) is 5.83. The molecule has 7 heteroatoms. The second kappa shape index (κ2) is 9.32. The molecular weight excluding hydrogens is 380 g/mol. The summed E-state index contributed by atoms with van der Waals surface area (Å²) in [7, 11) is 1.63. The van der Waals surface area contributed by atoms with Crippen LogP contribution in [0.25, 0.3) is 0 Å². The summed E-state index contributed by atoms with van der Waals surface area (Å²) < 4.78 is 7.11. The number of methoxy groups -OCH3 is 1. The quantitative estimate of drug-likeness (QED) is 0.759. The molecule has 1 aromatic carbocycles. The fourth-order valence-electron chi connectivity index (χ4n) is 4.08. The van der Waals surface area contributed by atoms with Crippen molar-refractivity contribution in [2.24, 2.45) is 5.41 Å². The van der Waals surface area contributed by atoms with Crippen LogP contribution < -0.4 is 10.1 Å². The number of aryl methyl sites for hydroxylation is 3. The largest absolute Gasteiger partial charge is 0.497 e. The van der Waals surface area contributed by atoms with E-state index in [2.05, 4.69) is 10.4 Å². The van der Waals surface area contributed by atoms with Gasteiger partial charge in [-0.25, -0.2) is 0 Å². The lowest BCUT2D eigenvalue weighted by molar-refractivity contribution is -0.140. The summed E-state index contributed by atoms with van der Waals surface area (Å²) in [5, 5.41) is 7.46. The predicted octanol–water partition coefficient (Wildman–Crippen LogP) is 2.84. The average molecular weight is 413 g/mol. The number of nitrogens with one attached hydrogen (secondary N) is 1. The van der Waals surface area contributed by atoms with Gasteiger partial charge in [0.2, 0.25) is 11.8 Å². The highest BCUT2D eigenvalue weighted by molar-refractivity contribution is 5.84. The van der Waals surface area contributed by atoms with Crippen LogP contribution in [0.3, 0.4) is 0 Å². The van der Waals surface area contributed by atoms with E-state index in [1.54, 1.807) is 7.11 Å². The molecule has 1 atom stereocenters. The van der Waals surface area contributed by atoms with E-state index in [0.29, 0.717) is 32.6 Å². The SMILES string of the molecule is COc1cccc(CNC(=O)[C@]2(C)CCCN(C(=O)CCn3nc(C)cc3C)C2)c1. The lowest BCUT2D eigenvalue weighted by Crippen LogP contribution is -2.51. The Morgan fingerprint density at radius 3 is 2.77 bits per heavy atom. The Morgan fingerprint density at radius 1 is 1.27 bits per heavy atom. The molecule has 1 N–H and O–H groups in total. The van der Waals surface area contributed by atoms with Crippen LogP contribution in [0.15, 0.2) is 30.3 Å². The van der Waals surface area contributed by atoms with Gasteiger partial charge in [-0.15, -0.1) is 0 Å². The number of carbonyl (C=O) groups is 2. The minimum absolute atomic E-state index is 0.0126. The van der Waals surface area contributed by atoms with Crippen molar-refractivity contribution in [3.63, 3.8) is 0 Å². The molecule has 1 aliphatic heterocycles. The number of amides is 2. The zero-order valence-electron chi connectivity index (χ0n) is 18.4. The van der Waals surface area contributed by atoms with E-state index >= 15 is 0 Å². The molecule has 3 rings (SSSR count). The van der Waals surface area contributed by atoms with Crippen molar-refractivity contribution < 1.29 is 14.3 Å². The Bertz CT molecular complexity index is 908. The van der Waals surface area contributed by atoms with E-state index < -0.39 is 5.41 Å². The first-order chi connectivity index (χ1) is 14.3. The maximum Gasteiger partial charge on any atom is 0.227 e. The molecule has 2 amide bonds. The monoisotopic (exact) mass is 412 g/mol. The molecule has 0 spiro atoms. The van der Waals surface area contributed by atoms with E-state index in [0.717, 1.165) is 35.5 Å². The summed E-state index contributed by atoms with van der Waals surface area (Å²) >= 11 is 0. The van der Waals surface area contributed by atoms with Crippen LogP contribution >= 0.6 is 0 Å². The van der Waals surface area contributed by atoms with Crippen LogP contribution in [-0.2, 0) is 22.7 Å². The fraction of sp³-hybridized carbons (Fsp3) is 0.522. The number of ether oxygens (including phenoxy) is 1. The minimum Gasteiger partial charge on any atom is -0.497 e. The normalized spacial score (nSPS) is 18.9. The van der Waals surface area contributed by atoms with Crippen LogP contribution in [0.4, 0.5) is 0 Å². The van der Waals surface area contributed by atoms with E-state index in [1.165, 1.54) is 0 Å². The molecule has 7 nitrogen and oxygen atoms in total. The molecular formula is C23H32N4O3. The highest BCUT2D eigenvalue weighted by atomic mass is 16.5. The van der Waals surface area contributed by atoms with Crippen LogP contribution in [0, 0.1) is 19.3 Å². The molecule has 1 saturated heterocycles. The van der Waals surface area contributed by atoms with Crippen LogP contribution in [-0.4, -0.2) is 46.7 Å². The summed E-state index contributed by atoms with van der Waals surface area (Å²) in [6.07, 6.45) is 2.00. The van der Waals surface area contributed by atoms with Gasteiger partial charge in [0.15, 0.2) is 0 Å². The van der Waals surface area contributed by atoms with Crippen LogP contribution in [0.1, 0.15) is 43.1 Å². The molecule has 0 unspecified atom stereocenters. The number of hydrogen-bond donors (Lipinski definition) is 1. The Labute approximate surface area is 178 Å². The molecule has 2 heterocycles. The summed E-state index contributed by atoms with van der Waals surface area (Å²) in [5.41, 5.74) is 2.42. The molecule has 1 fully saturated rings. The Morgan fingerprint density at radius 2 is 2.07 bits per heavy atom. The molecule has 1 aromatic heterocycles. The number of aromatic nitrogens is 2. The number of nitrogens with zero attached hydrogens (tertiary/aromatic N) is 3. The molecule has 0 aliphatic carbocycles. The third-order valence-corrected chi connectivity index (χ3v) is 5.83. The predicted molar refractivity (Wildman–Crippen MR) is 115 cm³/mol. The van der Waals surface area contributed by atoms with E-state index in [4.69, 9.17) is 4.74 Å². The van der Waals surface area contributed by atoms with Crippen LogP contribution in [0.2, 0.25) is 0 Å². The third kappa shape index (κ3) is 5.20. The molecule has 0 radical (unpaired) electrons. The first kappa shape index (κ1) is 21.9. The molecule has 2 aromatic rings.